The lowest BCUT2D eigenvalue weighted by atomic mass is 9.90. The van der Waals surface area contributed by atoms with E-state index in [1.165, 1.54) is 25.7 Å². The quantitative estimate of drug-likeness (QED) is 0.911. The first-order valence-corrected chi connectivity index (χ1v) is 8.30. The number of benzene rings is 1. The molecule has 3 rings (SSSR count). The molecule has 1 aliphatic carbocycles. The lowest BCUT2D eigenvalue weighted by Crippen LogP contribution is -2.41. The average Bonchev–Trinajstić information content (AvgIpc) is 2.95. The molecule has 1 saturated carbocycles. The summed E-state index contributed by atoms with van der Waals surface area (Å²) >= 11 is 0. The summed E-state index contributed by atoms with van der Waals surface area (Å²) in [7, 11) is 0. The summed E-state index contributed by atoms with van der Waals surface area (Å²) in [5.74, 6) is 0.840. The summed E-state index contributed by atoms with van der Waals surface area (Å²) in [4.78, 5) is 0. The second-order valence-electron chi connectivity index (χ2n) is 6.43. The van der Waals surface area contributed by atoms with Gasteiger partial charge >= 0.3 is 0 Å². The molecule has 3 nitrogen and oxygen atoms in total. The lowest BCUT2D eigenvalue weighted by Gasteiger charge is -2.38. The first-order valence-electron chi connectivity index (χ1n) is 8.30. The number of hydrogen-bond acceptors (Lipinski definition) is 3. The second kappa shape index (κ2) is 6.37. The Morgan fingerprint density at radius 1 is 1.33 bits per heavy atom. The molecule has 0 aromatic heterocycles. The standard InChI is InChI=1S/C18H26O3/c1-2-16(19)15-7-3-4-8-17(15)21-14-9-12-20-18(13-14)10-5-6-11-18/h3-4,7-8,14,16,19H,2,5-6,9-13H2,1H3. The van der Waals surface area contributed by atoms with Gasteiger partial charge in [-0.3, -0.25) is 0 Å². The minimum absolute atomic E-state index is 0.0707. The highest BCUT2D eigenvalue weighted by Gasteiger charge is 2.40. The van der Waals surface area contributed by atoms with Gasteiger partial charge in [0.25, 0.3) is 0 Å². The van der Waals surface area contributed by atoms with Crippen molar-refractivity contribution in [2.75, 3.05) is 6.61 Å². The molecule has 21 heavy (non-hydrogen) atoms. The maximum absolute atomic E-state index is 10.1. The van der Waals surface area contributed by atoms with E-state index in [1.807, 2.05) is 31.2 Å². The highest BCUT2D eigenvalue weighted by Crippen LogP contribution is 2.41. The highest BCUT2D eigenvalue weighted by atomic mass is 16.5. The SMILES string of the molecule is CCC(O)c1ccccc1OC1CCOC2(CCCC2)C1. The maximum Gasteiger partial charge on any atom is 0.125 e. The number of hydrogen-bond donors (Lipinski definition) is 1. The molecule has 2 aliphatic rings. The minimum Gasteiger partial charge on any atom is -0.490 e. The second-order valence-corrected chi connectivity index (χ2v) is 6.43. The van der Waals surface area contributed by atoms with Gasteiger partial charge in [0.2, 0.25) is 0 Å². The summed E-state index contributed by atoms with van der Waals surface area (Å²) in [6.07, 6.45) is 7.30. The molecule has 2 atom stereocenters. The van der Waals surface area contributed by atoms with Crippen LogP contribution in [0.1, 0.15) is 63.5 Å². The largest absolute Gasteiger partial charge is 0.490 e. The van der Waals surface area contributed by atoms with Gasteiger partial charge in [0.15, 0.2) is 0 Å². The van der Waals surface area contributed by atoms with Crippen LogP contribution in [0.2, 0.25) is 0 Å². The van der Waals surface area contributed by atoms with Gasteiger partial charge in [-0.25, -0.2) is 0 Å². The topological polar surface area (TPSA) is 38.7 Å². The number of rotatable bonds is 4. The zero-order valence-corrected chi connectivity index (χ0v) is 12.9. The molecule has 3 heteroatoms. The van der Waals surface area contributed by atoms with Crippen molar-refractivity contribution < 1.29 is 14.6 Å². The Bertz CT molecular complexity index is 465. The molecule has 1 N–H and O–H groups in total. The molecule has 1 aromatic rings. The number of aliphatic hydroxyl groups excluding tert-OH is 1. The van der Waals surface area contributed by atoms with Crippen molar-refractivity contribution in [3.8, 4) is 5.75 Å². The van der Waals surface area contributed by atoms with Gasteiger partial charge in [0.05, 0.1) is 18.3 Å². The minimum atomic E-state index is -0.443. The van der Waals surface area contributed by atoms with E-state index < -0.39 is 6.10 Å². The van der Waals surface area contributed by atoms with Gasteiger partial charge in [-0.1, -0.05) is 38.0 Å². The molecule has 1 heterocycles. The molecule has 116 valence electrons. The number of para-hydroxylation sites is 1. The van der Waals surface area contributed by atoms with E-state index in [2.05, 4.69) is 0 Å². The fraction of sp³-hybridized carbons (Fsp3) is 0.667. The van der Waals surface area contributed by atoms with Crippen LogP contribution >= 0.6 is 0 Å². The Morgan fingerprint density at radius 3 is 2.86 bits per heavy atom. The van der Waals surface area contributed by atoms with E-state index >= 15 is 0 Å². The predicted molar refractivity (Wildman–Crippen MR) is 82.5 cm³/mol. The average molecular weight is 290 g/mol. The smallest absolute Gasteiger partial charge is 0.125 e. The monoisotopic (exact) mass is 290 g/mol. The van der Waals surface area contributed by atoms with E-state index in [9.17, 15) is 5.11 Å². The van der Waals surface area contributed by atoms with Crippen LogP contribution in [0.3, 0.4) is 0 Å². The van der Waals surface area contributed by atoms with Crippen LogP contribution < -0.4 is 4.74 Å². The zero-order chi connectivity index (χ0) is 14.7. The summed E-state index contributed by atoms with van der Waals surface area (Å²) in [6, 6.07) is 7.88. The van der Waals surface area contributed by atoms with Crippen molar-refractivity contribution in [2.45, 2.75) is 69.7 Å². The summed E-state index contributed by atoms with van der Waals surface area (Å²) < 4.78 is 12.3. The summed E-state index contributed by atoms with van der Waals surface area (Å²) in [6.45, 7) is 2.78. The van der Waals surface area contributed by atoms with Crippen molar-refractivity contribution >= 4 is 0 Å². The van der Waals surface area contributed by atoms with Gasteiger partial charge in [0, 0.05) is 18.4 Å². The molecule has 0 radical (unpaired) electrons. The van der Waals surface area contributed by atoms with Crippen molar-refractivity contribution in [3.63, 3.8) is 0 Å². The molecule has 2 fully saturated rings. The van der Waals surface area contributed by atoms with Crippen LogP contribution in [0.4, 0.5) is 0 Å². The summed E-state index contributed by atoms with van der Waals surface area (Å²) in [5.41, 5.74) is 0.980. The molecule has 0 bridgehead atoms. The molecule has 1 saturated heterocycles. The van der Waals surface area contributed by atoms with Gasteiger partial charge < -0.3 is 14.6 Å². The Labute approximate surface area is 127 Å². The van der Waals surface area contributed by atoms with Gasteiger partial charge in [-0.05, 0) is 25.3 Å². The van der Waals surface area contributed by atoms with Crippen molar-refractivity contribution in [3.05, 3.63) is 29.8 Å². The Hall–Kier alpha value is -1.06. The fourth-order valence-corrected chi connectivity index (χ4v) is 3.71. The third-order valence-corrected chi connectivity index (χ3v) is 4.92. The fourth-order valence-electron chi connectivity index (χ4n) is 3.71. The molecule has 1 aliphatic heterocycles. The van der Waals surface area contributed by atoms with E-state index in [0.29, 0.717) is 6.42 Å². The van der Waals surface area contributed by atoms with Crippen molar-refractivity contribution in [1.29, 1.82) is 0 Å². The van der Waals surface area contributed by atoms with Crippen LogP contribution in [0, 0.1) is 0 Å². The van der Waals surface area contributed by atoms with Crippen LogP contribution in [0.25, 0.3) is 0 Å². The van der Waals surface area contributed by atoms with Crippen LogP contribution in [-0.4, -0.2) is 23.4 Å². The van der Waals surface area contributed by atoms with Gasteiger partial charge in [-0.2, -0.15) is 0 Å². The van der Waals surface area contributed by atoms with Crippen LogP contribution in [0.5, 0.6) is 5.75 Å². The van der Waals surface area contributed by atoms with Gasteiger partial charge in [0.1, 0.15) is 11.9 Å². The van der Waals surface area contributed by atoms with E-state index in [1.54, 1.807) is 0 Å². The molecular formula is C18H26O3. The van der Waals surface area contributed by atoms with Crippen LogP contribution in [-0.2, 0) is 4.74 Å². The maximum atomic E-state index is 10.1. The first kappa shape index (κ1) is 14.9. The van der Waals surface area contributed by atoms with Crippen molar-refractivity contribution in [2.24, 2.45) is 0 Å². The molecule has 0 amide bonds. The van der Waals surface area contributed by atoms with Gasteiger partial charge in [-0.15, -0.1) is 0 Å². The Balaban J connectivity index is 1.71. The Morgan fingerprint density at radius 2 is 2.10 bits per heavy atom. The lowest BCUT2D eigenvalue weighted by molar-refractivity contribution is -0.108. The summed E-state index contributed by atoms with van der Waals surface area (Å²) in [5, 5.41) is 10.1. The molecule has 1 spiro atoms. The number of aliphatic hydroxyl groups is 1. The first-order chi connectivity index (χ1) is 10.2. The molecule has 1 aromatic carbocycles. The Kier molecular flexibility index (Phi) is 4.51. The molecule has 2 unspecified atom stereocenters. The van der Waals surface area contributed by atoms with Crippen molar-refractivity contribution in [1.82, 2.24) is 0 Å². The number of ether oxygens (including phenoxy) is 2. The van der Waals surface area contributed by atoms with E-state index in [0.717, 1.165) is 30.8 Å². The normalized spacial score (nSPS) is 25.9. The zero-order valence-electron chi connectivity index (χ0n) is 12.9. The van der Waals surface area contributed by atoms with E-state index in [4.69, 9.17) is 9.47 Å². The van der Waals surface area contributed by atoms with E-state index in [-0.39, 0.29) is 11.7 Å². The third kappa shape index (κ3) is 3.24. The third-order valence-electron chi connectivity index (χ3n) is 4.92. The molecular weight excluding hydrogens is 264 g/mol. The van der Waals surface area contributed by atoms with Crippen LogP contribution in [0.15, 0.2) is 24.3 Å². The highest BCUT2D eigenvalue weighted by molar-refractivity contribution is 5.35. The predicted octanol–water partition coefficient (Wildman–Crippen LogP) is 4.00.